The van der Waals surface area contributed by atoms with Gasteiger partial charge in [0.1, 0.15) is 0 Å². The quantitative estimate of drug-likeness (QED) is 0.527. The van der Waals surface area contributed by atoms with Gasteiger partial charge in [-0.05, 0) is 42.6 Å². The van der Waals surface area contributed by atoms with E-state index in [1.807, 2.05) is 6.92 Å². The second-order valence-corrected chi connectivity index (χ2v) is 5.36. The van der Waals surface area contributed by atoms with Gasteiger partial charge in [0.25, 0.3) is 0 Å². The van der Waals surface area contributed by atoms with Gasteiger partial charge in [-0.25, -0.2) is 0 Å². The molecule has 14 heavy (non-hydrogen) atoms. The van der Waals surface area contributed by atoms with E-state index in [4.69, 9.17) is 5.11 Å². The summed E-state index contributed by atoms with van der Waals surface area (Å²) in [6.45, 7) is 8.93. The lowest BCUT2D eigenvalue weighted by molar-refractivity contribution is 0.148. The third-order valence-corrected chi connectivity index (χ3v) is 3.95. The topological polar surface area (TPSA) is 20.2 Å². The highest BCUT2D eigenvalue weighted by Gasteiger charge is 2.40. The van der Waals surface area contributed by atoms with Gasteiger partial charge in [-0.2, -0.15) is 0 Å². The Hall–Kier alpha value is -0.720. The van der Waals surface area contributed by atoms with Gasteiger partial charge in [0.15, 0.2) is 0 Å². The van der Waals surface area contributed by atoms with Gasteiger partial charge in [0, 0.05) is 0 Å². The van der Waals surface area contributed by atoms with E-state index in [1.54, 1.807) is 0 Å². The van der Waals surface area contributed by atoms with Gasteiger partial charge in [-0.1, -0.05) is 32.9 Å². The molecular formula is C13H22O. The minimum atomic E-state index is 0.294. The molecule has 1 unspecified atom stereocenters. The standard InChI is InChI=1S/C13H22O/c1-11(10-14)6-9-13(4)8-5-7-12(13,2)3/h5,7,10,14H,6,8-9H2,1-4H3. The Morgan fingerprint density at radius 2 is 2.07 bits per heavy atom. The highest BCUT2D eigenvalue weighted by atomic mass is 16.2. The molecule has 0 spiro atoms. The number of hydrogen-bond donors (Lipinski definition) is 1. The van der Waals surface area contributed by atoms with Crippen LogP contribution in [0.2, 0.25) is 0 Å². The fourth-order valence-electron chi connectivity index (χ4n) is 2.04. The van der Waals surface area contributed by atoms with Crippen molar-refractivity contribution < 1.29 is 5.11 Å². The third kappa shape index (κ3) is 2.02. The van der Waals surface area contributed by atoms with Gasteiger partial charge in [0.05, 0.1) is 6.26 Å². The predicted molar refractivity (Wildman–Crippen MR) is 61.3 cm³/mol. The van der Waals surface area contributed by atoms with Crippen molar-refractivity contribution in [1.29, 1.82) is 0 Å². The second kappa shape index (κ2) is 3.80. The lowest BCUT2D eigenvalue weighted by atomic mass is 9.66. The Kier molecular flexibility index (Phi) is 3.08. The molecule has 0 aromatic carbocycles. The van der Waals surface area contributed by atoms with Crippen LogP contribution in [0.1, 0.15) is 47.0 Å². The number of hydrogen-bond acceptors (Lipinski definition) is 1. The van der Waals surface area contributed by atoms with Crippen LogP contribution in [0.15, 0.2) is 24.0 Å². The molecule has 80 valence electrons. The van der Waals surface area contributed by atoms with Crippen LogP contribution in [0.5, 0.6) is 0 Å². The van der Waals surface area contributed by atoms with Crippen molar-refractivity contribution >= 4 is 0 Å². The van der Waals surface area contributed by atoms with E-state index in [9.17, 15) is 0 Å². The summed E-state index contributed by atoms with van der Waals surface area (Å²) in [7, 11) is 0. The van der Waals surface area contributed by atoms with Crippen LogP contribution in [-0.4, -0.2) is 5.11 Å². The molecule has 1 atom stereocenters. The lowest BCUT2D eigenvalue weighted by Gasteiger charge is -2.38. The molecule has 0 aromatic heterocycles. The van der Waals surface area contributed by atoms with Crippen molar-refractivity contribution in [1.82, 2.24) is 0 Å². The summed E-state index contributed by atoms with van der Waals surface area (Å²) in [5, 5.41) is 8.85. The molecule has 0 fully saturated rings. The Morgan fingerprint density at radius 1 is 1.43 bits per heavy atom. The van der Waals surface area contributed by atoms with E-state index in [0.717, 1.165) is 18.4 Å². The molecule has 0 saturated carbocycles. The maximum absolute atomic E-state index is 8.85. The van der Waals surface area contributed by atoms with Gasteiger partial charge in [0.2, 0.25) is 0 Å². The first-order valence-electron chi connectivity index (χ1n) is 5.39. The average Bonchev–Trinajstić information content (AvgIpc) is 2.38. The number of aliphatic hydroxyl groups excluding tert-OH is 1. The minimum Gasteiger partial charge on any atom is -0.516 e. The monoisotopic (exact) mass is 194 g/mol. The maximum Gasteiger partial charge on any atom is 0.0780 e. The number of rotatable bonds is 3. The summed E-state index contributed by atoms with van der Waals surface area (Å²) in [4.78, 5) is 0. The van der Waals surface area contributed by atoms with Crippen LogP contribution < -0.4 is 0 Å². The smallest absolute Gasteiger partial charge is 0.0780 e. The van der Waals surface area contributed by atoms with Crippen molar-refractivity contribution in [2.24, 2.45) is 10.8 Å². The van der Waals surface area contributed by atoms with E-state index in [1.165, 1.54) is 12.7 Å². The first-order chi connectivity index (χ1) is 6.41. The highest BCUT2D eigenvalue weighted by Crippen LogP contribution is 2.51. The number of aliphatic hydroxyl groups is 1. The fourth-order valence-corrected chi connectivity index (χ4v) is 2.04. The summed E-state index contributed by atoms with van der Waals surface area (Å²) in [6.07, 6.45) is 9.16. The molecule has 1 aliphatic rings. The zero-order valence-electron chi connectivity index (χ0n) is 9.80. The summed E-state index contributed by atoms with van der Waals surface area (Å²) in [6, 6.07) is 0. The van der Waals surface area contributed by atoms with Crippen LogP contribution in [0.4, 0.5) is 0 Å². The zero-order valence-corrected chi connectivity index (χ0v) is 9.80. The van der Waals surface area contributed by atoms with Crippen LogP contribution >= 0.6 is 0 Å². The van der Waals surface area contributed by atoms with E-state index in [2.05, 4.69) is 32.9 Å². The summed E-state index contributed by atoms with van der Waals surface area (Å²) >= 11 is 0. The Bertz CT molecular complexity index is 260. The Balaban J connectivity index is 2.60. The van der Waals surface area contributed by atoms with Crippen molar-refractivity contribution in [3.05, 3.63) is 24.0 Å². The molecule has 0 saturated heterocycles. The molecule has 0 amide bonds. The van der Waals surface area contributed by atoms with Crippen LogP contribution in [-0.2, 0) is 0 Å². The molecule has 0 bridgehead atoms. The average molecular weight is 194 g/mol. The molecular weight excluding hydrogens is 172 g/mol. The van der Waals surface area contributed by atoms with Crippen molar-refractivity contribution in [3.63, 3.8) is 0 Å². The molecule has 1 N–H and O–H groups in total. The van der Waals surface area contributed by atoms with Crippen molar-refractivity contribution in [2.75, 3.05) is 0 Å². The molecule has 0 heterocycles. The van der Waals surface area contributed by atoms with Crippen LogP contribution in [0.3, 0.4) is 0 Å². The number of allylic oxidation sites excluding steroid dienone is 3. The third-order valence-electron chi connectivity index (χ3n) is 3.95. The van der Waals surface area contributed by atoms with Crippen molar-refractivity contribution in [2.45, 2.75) is 47.0 Å². The fraction of sp³-hybridized carbons (Fsp3) is 0.692. The van der Waals surface area contributed by atoms with Gasteiger partial charge in [-0.15, -0.1) is 0 Å². The highest BCUT2D eigenvalue weighted by molar-refractivity contribution is 5.13. The molecule has 0 aliphatic heterocycles. The SMILES string of the molecule is CC(=CO)CCC1(C)CC=CC1(C)C. The predicted octanol–water partition coefficient (Wildman–Crippen LogP) is 4.22. The van der Waals surface area contributed by atoms with E-state index in [0.29, 0.717) is 10.8 Å². The molecule has 1 heteroatoms. The van der Waals surface area contributed by atoms with E-state index >= 15 is 0 Å². The normalized spacial score (nSPS) is 31.0. The first kappa shape index (κ1) is 11.4. The molecule has 0 aromatic rings. The summed E-state index contributed by atoms with van der Waals surface area (Å²) < 4.78 is 0. The van der Waals surface area contributed by atoms with Gasteiger partial charge in [-0.3, -0.25) is 0 Å². The Morgan fingerprint density at radius 3 is 2.50 bits per heavy atom. The molecule has 0 radical (unpaired) electrons. The molecule has 1 rings (SSSR count). The summed E-state index contributed by atoms with van der Waals surface area (Å²) in [5.41, 5.74) is 1.73. The van der Waals surface area contributed by atoms with Gasteiger partial charge >= 0.3 is 0 Å². The zero-order chi connectivity index (χ0) is 10.8. The molecule has 1 nitrogen and oxygen atoms in total. The van der Waals surface area contributed by atoms with E-state index < -0.39 is 0 Å². The first-order valence-corrected chi connectivity index (χ1v) is 5.39. The van der Waals surface area contributed by atoms with Crippen LogP contribution in [0.25, 0.3) is 0 Å². The van der Waals surface area contributed by atoms with Crippen molar-refractivity contribution in [3.8, 4) is 0 Å². The van der Waals surface area contributed by atoms with Crippen LogP contribution in [0, 0.1) is 10.8 Å². The molecule has 1 aliphatic carbocycles. The lowest BCUT2D eigenvalue weighted by Crippen LogP contribution is -2.29. The minimum absolute atomic E-state index is 0.294. The second-order valence-electron chi connectivity index (χ2n) is 5.36. The summed E-state index contributed by atoms with van der Waals surface area (Å²) in [5.74, 6) is 0. The largest absolute Gasteiger partial charge is 0.516 e. The van der Waals surface area contributed by atoms with E-state index in [-0.39, 0.29) is 0 Å². The Labute approximate surface area is 87.5 Å². The van der Waals surface area contributed by atoms with Gasteiger partial charge < -0.3 is 5.11 Å². The maximum atomic E-state index is 8.85.